The van der Waals surface area contributed by atoms with E-state index in [4.69, 9.17) is 5.73 Å². The number of pyridine rings is 1. The van der Waals surface area contributed by atoms with E-state index in [0.717, 1.165) is 0 Å². The number of hydrogen-bond donors (Lipinski definition) is 0. The summed E-state index contributed by atoms with van der Waals surface area (Å²) in [5.74, 6) is -0.282. The summed E-state index contributed by atoms with van der Waals surface area (Å²) in [5, 5.41) is 10.3. The molecule has 57 valence electrons. The Hall–Kier alpha value is -1.65. The number of hydrogen-bond acceptors (Lipinski definition) is 3. The van der Waals surface area contributed by atoms with Crippen LogP contribution in [0.25, 0.3) is 0 Å². The van der Waals surface area contributed by atoms with Gasteiger partial charge in [-0.3, -0.25) is 15.8 Å². The Kier molecular flexibility index (Phi) is 1.72. The van der Waals surface area contributed by atoms with Crippen LogP contribution in [-0.2, 0) is 0 Å². The van der Waals surface area contributed by atoms with Crippen LogP contribution in [0.1, 0.15) is 5.56 Å². The minimum Gasteiger partial charge on any atom is -0.277 e. The normalized spacial score (nSPS) is 9.55. The SMILES string of the molecule is Cc1ccnc([NH])c1[N+](=O)[O-]. The molecule has 1 aromatic heterocycles. The molecule has 0 saturated carbocycles. The van der Waals surface area contributed by atoms with Crippen LogP contribution in [-0.4, -0.2) is 9.91 Å². The molecule has 0 aliphatic heterocycles. The zero-order valence-corrected chi connectivity index (χ0v) is 5.87. The van der Waals surface area contributed by atoms with Crippen molar-refractivity contribution in [1.82, 2.24) is 10.7 Å². The van der Waals surface area contributed by atoms with Crippen molar-refractivity contribution in [3.05, 3.63) is 27.9 Å². The first kappa shape index (κ1) is 7.46. The van der Waals surface area contributed by atoms with Crippen LogP contribution in [0.15, 0.2) is 12.3 Å². The summed E-state index contributed by atoms with van der Waals surface area (Å²) in [4.78, 5) is 13.2. The zero-order chi connectivity index (χ0) is 8.43. The molecule has 1 heterocycles. The van der Waals surface area contributed by atoms with Gasteiger partial charge in [-0.15, -0.1) is 0 Å². The van der Waals surface area contributed by atoms with Gasteiger partial charge in [0.05, 0.1) is 4.92 Å². The highest BCUT2D eigenvalue weighted by Crippen LogP contribution is 2.23. The highest BCUT2D eigenvalue weighted by Gasteiger charge is 2.15. The largest absolute Gasteiger partial charge is 0.315 e. The van der Waals surface area contributed by atoms with Gasteiger partial charge in [-0.2, -0.15) is 0 Å². The summed E-state index contributed by atoms with van der Waals surface area (Å²) in [7, 11) is 0. The van der Waals surface area contributed by atoms with Gasteiger partial charge in [-0.1, -0.05) is 0 Å². The molecule has 5 heteroatoms. The van der Waals surface area contributed by atoms with E-state index in [1.807, 2.05) is 0 Å². The van der Waals surface area contributed by atoms with Crippen LogP contribution in [0.5, 0.6) is 0 Å². The third-order valence-corrected chi connectivity index (χ3v) is 1.31. The average molecular weight is 152 g/mol. The summed E-state index contributed by atoms with van der Waals surface area (Å²) < 4.78 is 0. The Balaban J connectivity index is 3.32. The highest BCUT2D eigenvalue weighted by atomic mass is 16.6. The molecule has 5 nitrogen and oxygen atoms in total. The maximum atomic E-state index is 10.3. The second kappa shape index (κ2) is 2.53. The van der Waals surface area contributed by atoms with Crippen LogP contribution in [0.3, 0.4) is 0 Å². The first-order chi connectivity index (χ1) is 5.13. The van der Waals surface area contributed by atoms with Gasteiger partial charge in [0.15, 0.2) is 0 Å². The third kappa shape index (κ3) is 1.26. The maximum absolute atomic E-state index is 10.3. The molecule has 1 aromatic rings. The third-order valence-electron chi connectivity index (χ3n) is 1.31. The zero-order valence-electron chi connectivity index (χ0n) is 5.87. The fourth-order valence-electron chi connectivity index (χ4n) is 0.781. The second-order valence-electron chi connectivity index (χ2n) is 2.08. The molecular formula is C6H6N3O2. The molecule has 0 aliphatic carbocycles. The summed E-state index contributed by atoms with van der Waals surface area (Å²) >= 11 is 0. The van der Waals surface area contributed by atoms with Crippen molar-refractivity contribution in [2.24, 2.45) is 0 Å². The van der Waals surface area contributed by atoms with Crippen LogP contribution in [0.4, 0.5) is 11.5 Å². The van der Waals surface area contributed by atoms with Crippen molar-refractivity contribution in [3.63, 3.8) is 0 Å². The summed E-state index contributed by atoms with van der Waals surface area (Å²) in [6.07, 6.45) is 1.38. The quantitative estimate of drug-likeness (QED) is 0.448. The van der Waals surface area contributed by atoms with Gasteiger partial charge in [0.25, 0.3) is 0 Å². The Morgan fingerprint density at radius 1 is 1.73 bits per heavy atom. The lowest BCUT2D eigenvalue weighted by molar-refractivity contribution is -0.384. The van der Waals surface area contributed by atoms with Crippen LogP contribution in [0, 0.1) is 17.0 Å². The molecule has 0 atom stereocenters. The van der Waals surface area contributed by atoms with Crippen molar-refractivity contribution >= 4 is 11.5 Å². The Labute approximate surface area is 63.0 Å². The molecule has 0 spiro atoms. The lowest BCUT2D eigenvalue weighted by Crippen LogP contribution is -1.94. The van der Waals surface area contributed by atoms with E-state index in [1.165, 1.54) is 12.3 Å². The minimum atomic E-state index is -0.593. The molecule has 1 N–H and O–H groups in total. The molecule has 11 heavy (non-hydrogen) atoms. The maximum Gasteiger partial charge on any atom is 0.315 e. The van der Waals surface area contributed by atoms with Crippen molar-refractivity contribution in [2.45, 2.75) is 6.92 Å². The molecule has 0 unspecified atom stereocenters. The number of aromatic nitrogens is 1. The van der Waals surface area contributed by atoms with Gasteiger partial charge in [-0.25, -0.2) is 4.98 Å². The van der Waals surface area contributed by atoms with E-state index in [1.54, 1.807) is 6.92 Å². The number of nitrogens with zero attached hydrogens (tertiary/aromatic N) is 2. The predicted molar refractivity (Wildman–Crippen MR) is 38.4 cm³/mol. The van der Waals surface area contributed by atoms with Gasteiger partial charge < -0.3 is 0 Å². The number of aryl methyl sites for hydroxylation is 1. The van der Waals surface area contributed by atoms with Crippen molar-refractivity contribution in [3.8, 4) is 0 Å². The van der Waals surface area contributed by atoms with Crippen molar-refractivity contribution in [2.75, 3.05) is 0 Å². The monoisotopic (exact) mass is 152 g/mol. The fourth-order valence-corrected chi connectivity index (χ4v) is 0.781. The van der Waals surface area contributed by atoms with Crippen LogP contribution < -0.4 is 5.73 Å². The van der Waals surface area contributed by atoms with E-state index in [0.29, 0.717) is 5.56 Å². The molecule has 0 saturated heterocycles. The summed E-state index contributed by atoms with van der Waals surface area (Å²) in [6.45, 7) is 1.58. The number of nitrogens with one attached hydrogen (secondary N) is 1. The standard InChI is InChI=1S/C6H6N3O2/c1-4-2-3-8-6(7)5(4)9(10)11/h2-3,7H,1H3. The topological polar surface area (TPSA) is 79.8 Å². The average Bonchev–Trinajstić information content (AvgIpc) is 1.85. The summed E-state index contributed by atoms with van der Waals surface area (Å²) in [6, 6.07) is 1.51. The number of rotatable bonds is 1. The van der Waals surface area contributed by atoms with E-state index in [-0.39, 0.29) is 11.5 Å². The molecule has 0 fully saturated rings. The Morgan fingerprint density at radius 2 is 2.36 bits per heavy atom. The highest BCUT2D eigenvalue weighted by molar-refractivity contribution is 5.53. The lowest BCUT2D eigenvalue weighted by Gasteiger charge is -1.96. The second-order valence-corrected chi connectivity index (χ2v) is 2.08. The van der Waals surface area contributed by atoms with E-state index >= 15 is 0 Å². The Bertz CT molecular complexity index is 278. The lowest BCUT2D eigenvalue weighted by atomic mass is 10.2. The Morgan fingerprint density at radius 3 is 2.73 bits per heavy atom. The van der Waals surface area contributed by atoms with Gasteiger partial charge in [0.1, 0.15) is 0 Å². The molecular weight excluding hydrogens is 146 g/mol. The van der Waals surface area contributed by atoms with Crippen molar-refractivity contribution in [1.29, 1.82) is 0 Å². The van der Waals surface area contributed by atoms with Gasteiger partial charge >= 0.3 is 5.69 Å². The molecule has 0 amide bonds. The summed E-state index contributed by atoms with van der Waals surface area (Å²) in [5.41, 5.74) is 7.34. The fraction of sp³-hybridized carbons (Fsp3) is 0.167. The minimum absolute atomic E-state index is 0.215. The first-order valence-corrected chi connectivity index (χ1v) is 2.94. The molecule has 0 aromatic carbocycles. The van der Waals surface area contributed by atoms with Gasteiger partial charge in [0, 0.05) is 11.8 Å². The van der Waals surface area contributed by atoms with Crippen molar-refractivity contribution < 1.29 is 4.92 Å². The van der Waals surface area contributed by atoms with E-state index < -0.39 is 4.92 Å². The molecule has 1 radical (unpaired) electrons. The first-order valence-electron chi connectivity index (χ1n) is 2.94. The predicted octanol–water partition coefficient (Wildman–Crippen LogP) is 1.21. The smallest absolute Gasteiger partial charge is 0.277 e. The van der Waals surface area contributed by atoms with Gasteiger partial charge in [-0.05, 0) is 13.0 Å². The van der Waals surface area contributed by atoms with E-state index in [9.17, 15) is 10.1 Å². The molecule has 0 aliphatic rings. The van der Waals surface area contributed by atoms with Crippen LogP contribution >= 0.6 is 0 Å². The van der Waals surface area contributed by atoms with Crippen LogP contribution in [0.2, 0.25) is 0 Å². The molecule has 1 rings (SSSR count). The van der Waals surface area contributed by atoms with Gasteiger partial charge in [0.2, 0.25) is 5.82 Å². The number of nitro groups is 1. The molecule has 0 bridgehead atoms. The van der Waals surface area contributed by atoms with E-state index in [2.05, 4.69) is 4.98 Å².